The summed E-state index contributed by atoms with van der Waals surface area (Å²) in [7, 11) is 4.58. The molecule has 0 aromatic heterocycles. The van der Waals surface area contributed by atoms with Crippen molar-refractivity contribution in [2.24, 2.45) is 5.73 Å². The molecule has 2 N–H and O–H groups in total. The number of rotatable bonds is 4. The van der Waals surface area contributed by atoms with Crippen molar-refractivity contribution in [3.63, 3.8) is 0 Å². The quantitative estimate of drug-likeness (QED) is 0.886. The molecule has 0 radical (unpaired) electrons. The molecule has 0 aliphatic carbocycles. The largest absolute Gasteiger partial charge is 0.496 e. The van der Waals surface area contributed by atoms with Crippen molar-refractivity contribution in [1.29, 1.82) is 0 Å². The summed E-state index contributed by atoms with van der Waals surface area (Å²) >= 11 is 0. The molecular weight excluding hydrogens is 260 g/mol. The van der Waals surface area contributed by atoms with Crippen LogP contribution in [0.2, 0.25) is 0 Å². The number of amides is 1. The number of benzene rings is 1. The second kappa shape index (κ2) is 5.20. The van der Waals surface area contributed by atoms with Gasteiger partial charge in [-0.2, -0.15) is 0 Å². The zero-order chi connectivity index (χ0) is 14.9. The molecule has 0 spiro atoms. The summed E-state index contributed by atoms with van der Waals surface area (Å²) in [4.78, 5) is 14.1. The monoisotopic (exact) mass is 280 g/mol. The summed E-state index contributed by atoms with van der Waals surface area (Å²) < 4.78 is 15.7. The van der Waals surface area contributed by atoms with Crippen LogP contribution in [0.25, 0.3) is 0 Å². The van der Waals surface area contributed by atoms with Gasteiger partial charge in [0.05, 0.1) is 26.9 Å². The molecule has 0 bridgehead atoms. The Morgan fingerprint density at radius 3 is 2.05 bits per heavy atom. The summed E-state index contributed by atoms with van der Waals surface area (Å²) in [6.45, 7) is 2.98. The van der Waals surface area contributed by atoms with Crippen molar-refractivity contribution in [3.05, 3.63) is 17.7 Å². The van der Waals surface area contributed by atoms with Gasteiger partial charge in [0.2, 0.25) is 0 Å². The Kier molecular flexibility index (Phi) is 3.76. The third kappa shape index (κ3) is 2.51. The van der Waals surface area contributed by atoms with Gasteiger partial charge in [-0.05, 0) is 6.92 Å². The SMILES string of the molecule is COc1cc(OC)c(C(=O)N2CC(C)(N)C2)cc1OC. The lowest BCUT2D eigenvalue weighted by Gasteiger charge is -2.45. The average Bonchev–Trinajstić information content (AvgIpc) is 2.42. The van der Waals surface area contributed by atoms with E-state index in [2.05, 4.69) is 0 Å². The van der Waals surface area contributed by atoms with Crippen molar-refractivity contribution in [2.75, 3.05) is 34.4 Å². The van der Waals surface area contributed by atoms with Gasteiger partial charge in [-0.15, -0.1) is 0 Å². The van der Waals surface area contributed by atoms with E-state index in [0.29, 0.717) is 35.9 Å². The lowest BCUT2D eigenvalue weighted by atomic mass is 9.93. The highest BCUT2D eigenvalue weighted by molar-refractivity contribution is 5.98. The van der Waals surface area contributed by atoms with E-state index in [1.807, 2.05) is 6.92 Å². The molecule has 1 saturated heterocycles. The molecule has 1 heterocycles. The fourth-order valence-corrected chi connectivity index (χ4v) is 2.34. The summed E-state index contributed by atoms with van der Waals surface area (Å²) in [6, 6.07) is 3.28. The predicted molar refractivity (Wildman–Crippen MR) is 74.6 cm³/mol. The molecule has 1 fully saturated rings. The van der Waals surface area contributed by atoms with Crippen LogP contribution in [0.5, 0.6) is 17.2 Å². The number of nitrogens with two attached hydrogens (primary N) is 1. The van der Waals surface area contributed by atoms with Crippen LogP contribution in [0, 0.1) is 0 Å². The number of nitrogens with zero attached hydrogens (tertiary/aromatic N) is 1. The van der Waals surface area contributed by atoms with Gasteiger partial charge in [0.15, 0.2) is 11.5 Å². The first-order chi connectivity index (χ1) is 9.41. The molecule has 20 heavy (non-hydrogen) atoms. The van der Waals surface area contributed by atoms with Crippen LogP contribution in [0.15, 0.2) is 12.1 Å². The summed E-state index contributed by atoms with van der Waals surface area (Å²) in [5.74, 6) is 1.35. The van der Waals surface area contributed by atoms with Gasteiger partial charge in [0.25, 0.3) is 5.91 Å². The number of methoxy groups -OCH3 is 3. The molecule has 0 atom stereocenters. The third-order valence-corrected chi connectivity index (χ3v) is 3.33. The van der Waals surface area contributed by atoms with E-state index in [9.17, 15) is 4.79 Å². The summed E-state index contributed by atoms with van der Waals surface area (Å²) in [6.07, 6.45) is 0. The molecule has 110 valence electrons. The fraction of sp³-hybridized carbons (Fsp3) is 0.500. The number of hydrogen-bond donors (Lipinski definition) is 1. The molecule has 1 aromatic carbocycles. The van der Waals surface area contributed by atoms with Gasteiger partial charge in [-0.3, -0.25) is 4.79 Å². The second-order valence-electron chi connectivity index (χ2n) is 5.22. The maximum atomic E-state index is 12.5. The Balaban J connectivity index is 2.33. The smallest absolute Gasteiger partial charge is 0.257 e. The molecule has 0 saturated carbocycles. The van der Waals surface area contributed by atoms with Crippen molar-refractivity contribution >= 4 is 5.91 Å². The Labute approximate surface area is 118 Å². The van der Waals surface area contributed by atoms with Crippen molar-refractivity contribution in [3.8, 4) is 17.2 Å². The van der Waals surface area contributed by atoms with Gasteiger partial charge in [0.1, 0.15) is 5.75 Å². The minimum atomic E-state index is -0.306. The molecule has 1 aromatic rings. The van der Waals surface area contributed by atoms with E-state index in [0.717, 1.165) is 0 Å². The average molecular weight is 280 g/mol. The maximum absolute atomic E-state index is 12.5. The van der Waals surface area contributed by atoms with E-state index < -0.39 is 0 Å². The van der Waals surface area contributed by atoms with Gasteiger partial charge < -0.3 is 24.8 Å². The Bertz CT molecular complexity index is 520. The lowest BCUT2D eigenvalue weighted by molar-refractivity contribution is 0.0450. The van der Waals surface area contributed by atoms with Crippen LogP contribution in [0.3, 0.4) is 0 Å². The van der Waals surface area contributed by atoms with E-state index in [4.69, 9.17) is 19.9 Å². The number of ether oxygens (including phenoxy) is 3. The second-order valence-corrected chi connectivity index (χ2v) is 5.22. The Morgan fingerprint density at radius 1 is 1.10 bits per heavy atom. The van der Waals surface area contributed by atoms with Crippen LogP contribution < -0.4 is 19.9 Å². The molecule has 1 amide bonds. The third-order valence-electron chi connectivity index (χ3n) is 3.33. The Morgan fingerprint density at radius 2 is 1.60 bits per heavy atom. The highest BCUT2D eigenvalue weighted by Crippen LogP contribution is 2.36. The lowest BCUT2D eigenvalue weighted by Crippen LogP contribution is -2.66. The van der Waals surface area contributed by atoms with Gasteiger partial charge in [0, 0.05) is 30.8 Å². The zero-order valence-corrected chi connectivity index (χ0v) is 12.2. The zero-order valence-electron chi connectivity index (χ0n) is 12.2. The van der Waals surface area contributed by atoms with E-state index in [-0.39, 0.29) is 11.4 Å². The van der Waals surface area contributed by atoms with E-state index in [1.165, 1.54) is 21.3 Å². The number of likely N-dealkylation sites (tertiary alicyclic amines) is 1. The van der Waals surface area contributed by atoms with E-state index in [1.54, 1.807) is 17.0 Å². The summed E-state index contributed by atoms with van der Waals surface area (Å²) in [5.41, 5.74) is 6.07. The summed E-state index contributed by atoms with van der Waals surface area (Å²) in [5, 5.41) is 0. The van der Waals surface area contributed by atoms with Crippen LogP contribution in [-0.2, 0) is 0 Å². The van der Waals surface area contributed by atoms with Crippen LogP contribution >= 0.6 is 0 Å². The highest BCUT2D eigenvalue weighted by Gasteiger charge is 2.39. The van der Waals surface area contributed by atoms with Gasteiger partial charge in [-0.25, -0.2) is 0 Å². The van der Waals surface area contributed by atoms with E-state index >= 15 is 0 Å². The molecule has 6 heteroatoms. The standard InChI is InChI=1S/C14H20N2O4/c1-14(15)7-16(8-14)13(17)9-5-11(19-3)12(20-4)6-10(9)18-2/h5-6H,7-8,15H2,1-4H3. The van der Waals surface area contributed by atoms with Crippen LogP contribution in [0.4, 0.5) is 0 Å². The van der Waals surface area contributed by atoms with Crippen LogP contribution in [0.1, 0.15) is 17.3 Å². The number of carbonyl (C=O) groups is 1. The van der Waals surface area contributed by atoms with Gasteiger partial charge in [-0.1, -0.05) is 0 Å². The first-order valence-corrected chi connectivity index (χ1v) is 6.30. The molecular formula is C14H20N2O4. The molecule has 6 nitrogen and oxygen atoms in total. The van der Waals surface area contributed by atoms with Crippen molar-refractivity contribution in [2.45, 2.75) is 12.5 Å². The predicted octanol–water partition coefficient (Wildman–Crippen LogP) is 0.886. The minimum absolute atomic E-state index is 0.120. The van der Waals surface area contributed by atoms with Crippen molar-refractivity contribution < 1.29 is 19.0 Å². The van der Waals surface area contributed by atoms with Gasteiger partial charge >= 0.3 is 0 Å². The minimum Gasteiger partial charge on any atom is -0.496 e. The first kappa shape index (κ1) is 14.5. The van der Waals surface area contributed by atoms with Crippen LogP contribution in [-0.4, -0.2) is 50.8 Å². The topological polar surface area (TPSA) is 74.0 Å². The fourth-order valence-electron chi connectivity index (χ4n) is 2.34. The molecule has 2 rings (SSSR count). The molecule has 0 unspecified atom stereocenters. The highest BCUT2D eigenvalue weighted by atomic mass is 16.5. The number of hydrogen-bond acceptors (Lipinski definition) is 5. The maximum Gasteiger partial charge on any atom is 0.257 e. The molecule has 1 aliphatic rings. The molecule has 1 aliphatic heterocycles. The normalized spacial score (nSPS) is 16.4. The first-order valence-electron chi connectivity index (χ1n) is 6.30. The van der Waals surface area contributed by atoms with Crippen molar-refractivity contribution in [1.82, 2.24) is 4.90 Å². The number of carbonyl (C=O) groups excluding carboxylic acids is 1. The Hall–Kier alpha value is -1.95.